The van der Waals surface area contributed by atoms with Crippen molar-refractivity contribution < 1.29 is 18.7 Å². The number of furan rings is 1. The smallest absolute Gasteiger partial charge is 0.313 e. The van der Waals surface area contributed by atoms with E-state index in [-0.39, 0.29) is 11.7 Å². The second-order valence-corrected chi connectivity index (χ2v) is 4.87. The van der Waals surface area contributed by atoms with Crippen molar-refractivity contribution >= 4 is 5.97 Å². The van der Waals surface area contributed by atoms with E-state index < -0.39 is 5.41 Å². The van der Waals surface area contributed by atoms with Crippen LogP contribution in [0.1, 0.15) is 24.4 Å². The summed E-state index contributed by atoms with van der Waals surface area (Å²) < 4.78 is 15.5. The van der Waals surface area contributed by atoms with Gasteiger partial charge in [0.1, 0.15) is 11.8 Å². The van der Waals surface area contributed by atoms with Crippen molar-refractivity contribution in [3.63, 3.8) is 0 Å². The van der Waals surface area contributed by atoms with E-state index in [1.54, 1.807) is 12.1 Å². The molecule has 0 aromatic carbocycles. The Hall–Kier alpha value is -1.84. The highest BCUT2D eigenvalue weighted by molar-refractivity contribution is 5.77. The third-order valence-electron chi connectivity index (χ3n) is 3.60. The Morgan fingerprint density at radius 1 is 1.50 bits per heavy atom. The van der Waals surface area contributed by atoms with Crippen LogP contribution >= 0.6 is 0 Å². The SMILES string of the molecule is COC(=O)C1(CNCc2ccc(C#N)o2)CCOCC1. The lowest BCUT2D eigenvalue weighted by Crippen LogP contribution is -2.45. The van der Waals surface area contributed by atoms with Gasteiger partial charge in [0.05, 0.1) is 19.1 Å². The fraction of sp³-hybridized carbons (Fsp3) is 0.571. The van der Waals surface area contributed by atoms with Crippen LogP contribution in [-0.2, 0) is 20.8 Å². The zero-order valence-corrected chi connectivity index (χ0v) is 11.5. The van der Waals surface area contributed by atoms with Crippen LogP contribution in [0, 0.1) is 16.7 Å². The third-order valence-corrected chi connectivity index (χ3v) is 3.60. The predicted molar refractivity (Wildman–Crippen MR) is 69.6 cm³/mol. The van der Waals surface area contributed by atoms with Crippen molar-refractivity contribution in [2.45, 2.75) is 19.4 Å². The van der Waals surface area contributed by atoms with E-state index in [2.05, 4.69) is 5.32 Å². The molecular weight excluding hydrogens is 260 g/mol. The summed E-state index contributed by atoms with van der Waals surface area (Å²) in [6.07, 6.45) is 1.29. The summed E-state index contributed by atoms with van der Waals surface area (Å²) in [4.78, 5) is 12.0. The zero-order chi connectivity index (χ0) is 14.4. The number of nitriles is 1. The minimum absolute atomic E-state index is 0.203. The second kappa shape index (κ2) is 6.55. The monoisotopic (exact) mass is 278 g/mol. The number of nitrogens with one attached hydrogen (secondary N) is 1. The van der Waals surface area contributed by atoms with Gasteiger partial charge in [-0.1, -0.05) is 0 Å². The first-order valence-corrected chi connectivity index (χ1v) is 6.56. The Labute approximate surface area is 117 Å². The van der Waals surface area contributed by atoms with Gasteiger partial charge < -0.3 is 19.2 Å². The first-order valence-electron chi connectivity index (χ1n) is 6.56. The van der Waals surface area contributed by atoms with Crippen LogP contribution in [0.2, 0.25) is 0 Å². The van der Waals surface area contributed by atoms with Crippen molar-refractivity contribution in [2.24, 2.45) is 5.41 Å². The lowest BCUT2D eigenvalue weighted by Gasteiger charge is -2.34. The number of esters is 1. The number of carbonyl (C=O) groups is 1. The van der Waals surface area contributed by atoms with Crippen molar-refractivity contribution in [1.82, 2.24) is 5.32 Å². The molecule has 1 aromatic rings. The van der Waals surface area contributed by atoms with Crippen LogP contribution in [0.25, 0.3) is 0 Å². The minimum atomic E-state index is -0.530. The van der Waals surface area contributed by atoms with Crippen molar-refractivity contribution in [2.75, 3.05) is 26.9 Å². The van der Waals surface area contributed by atoms with E-state index in [9.17, 15) is 4.79 Å². The molecule has 1 fully saturated rings. The molecule has 0 bridgehead atoms. The van der Waals surface area contributed by atoms with Crippen molar-refractivity contribution in [3.05, 3.63) is 23.7 Å². The van der Waals surface area contributed by atoms with Crippen LogP contribution in [0.15, 0.2) is 16.5 Å². The maximum absolute atomic E-state index is 12.0. The van der Waals surface area contributed by atoms with E-state index in [4.69, 9.17) is 19.2 Å². The fourth-order valence-corrected chi connectivity index (χ4v) is 2.39. The quantitative estimate of drug-likeness (QED) is 0.815. The molecule has 0 saturated carbocycles. The average molecular weight is 278 g/mol. The molecule has 0 amide bonds. The van der Waals surface area contributed by atoms with E-state index >= 15 is 0 Å². The van der Waals surface area contributed by atoms with Gasteiger partial charge in [-0.3, -0.25) is 4.79 Å². The Balaban J connectivity index is 1.92. The highest BCUT2D eigenvalue weighted by atomic mass is 16.5. The fourth-order valence-electron chi connectivity index (χ4n) is 2.39. The van der Waals surface area contributed by atoms with Gasteiger partial charge >= 0.3 is 5.97 Å². The molecular formula is C14H18N2O4. The Bertz CT molecular complexity index is 498. The van der Waals surface area contributed by atoms with Crippen LogP contribution in [0.3, 0.4) is 0 Å². The standard InChI is InChI=1S/C14H18N2O4/c1-18-13(17)14(4-6-19-7-5-14)10-16-9-12-3-2-11(8-15)20-12/h2-3,16H,4-7,9-10H2,1H3. The molecule has 2 heterocycles. The maximum atomic E-state index is 12.0. The van der Waals surface area contributed by atoms with Gasteiger partial charge in [0.15, 0.2) is 0 Å². The molecule has 20 heavy (non-hydrogen) atoms. The van der Waals surface area contributed by atoms with E-state index in [1.165, 1.54) is 7.11 Å². The lowest BCUT2D eigenvalue weighted by molar-refractivity contribution is -0.158. The van der Waals surface area contributed by atoms with Gasteiger partial charge in [0.25, 0.3) is 0 Å². The molecule has 1 aromatic heterocycles. The van der Waals surface area contributed by atoms with Crippen LogP contribution in [0.4, 0.5) is 0 Å². The predicted octanol–water partition coefficient (Wildman–Crippen LogP) is 1.21. The number of carbonyl (C=O) groups excluding carboxylic acids is 1. The molecule has 0 unspecified atom stereocenters. The normalized spacial score (nSPS) is 17.4. The second-order valence-electron chi connectivity index (χ2n) is 4.87. The number of nitrogens with zero attached hydrogens (tertiary/aromatic N) is 1. The van der Waals surface area contributed by atoms with E-state index in [0.29, 0.717) is 44.9 Å². The summed E-state index contributed by atoms with van der Waals surface area (Å²) >= 11 is 0. The molecule has 1 aliphatic heterocycles. The minimum Gasteiger partial charge on any atom is -0.469 e. The van der Waals surface area contributed by atoms with Gasteiger partial charge in [-0.25, -0.2) is 0 Å². The zero-order valence-electron chi connectivity index (χ0n) is 11.5. The molecule has 6 nitrogen and oxygen atoms in total. The van der Waals surface area contributed by atoms with Gasteiger partial charge in [0.2, 0.25) is 5.76 Å². The van der Waals surface area contributed by atoms with Crippen molar-refractivity contribution in [3.8, 4) is 6.07 Å². The molecule has 0 spiro atoms. The van der Waals surface area contributed by atoms with Gasteiger partial charge in [-0.2, -0.15) is 5.26 Å². The maximum Gasteiger partial charge on any atom is 0.313 e. The average Bonchev–Trinajstić information content (AvgIpc) is 2.95. The molecule has 1 aliphatic rings. The number of methoxy groups -OCH3 is 1. The highest BCUT2D eigenvalue weighted by Crippen LogP contribution is 2.31. The van der Waals surface area contributed by atoms with Gasteiger partial charge in [0, 0.05) is 19.8 Å². The summed E-state index contributed by atoms with van der Waals surface area (Å²) in [6, 6.07) is 5.31. The first kappa shape index (κ1) is 14.6. The highest BCUT2D eigenvalue weighted by Gasteiger charge is 2.40. The first-order chi connectivity index (χ1) is 9.70. The number of rotatable bonds is 5. The molecule has 0 atom stereocenters. The summed E-state index contributed by atoms with van der Waals surface area (Å²) in [5.74, 6) is 0.759. The van der Waals surface area contributed by atoms with Crippen LogP contribution < -0.4 is 5.32 Å². The molecule has 0 aliphatic carbocycles. The molecule has 1 saturated heterocycles. The number of hydrogen-bond donors (Lipinski definition) is 1. The van der Waals surface area contributed by atoms with Crippen LogP contribution in [0.5, 0.6) is 0 Å². The Kier molecular flexibility index (Phi) is 4.77. The summed E-state index contributed by atoms with van der Waals surface area (Å²) in [6.45, 7) is 2.11. The van der Waals surface area contributed by atoms with Gasteiger partial charge in [-0.15, -0.1) is 0 Å². The van der Waals surface area contributed by atoms with Crippen LogP contribution in [-0.4, -0.2) is 32.8 Å². The largest absolute Gasteiger partial charge is 0.469 e. The lowest BCUT2D eigenvalue weighted by atomic mass is 9.80. The summed E-state index contributed by atoms with van der Waals surface area (Å²) in [7, 11) is 1.41. The van der Waals surface area contributed by atoms with E-state index in [1.807, 2.05) is 6.07 Å². The number of hydrogen-bond acceptors (Lipinski definition) is 6. The Morgan fingerprint density at radius 3 is 2.85 bits per heavy atom. The third kappa shape index (κ3) is 3.18. The Morgan fingerprint density at radius 2 is 2.25 bits per heavy atom. The van der Waals surface area contributed by atoms with Crippen molar-refractivity contribution in [1.29, 1.82) is 5.26 Å². The molecule has 1 N–H and O–H groups in total. The number of ether oxygens (including phenoxy) is 2. The molecule has 0 radical (unpaired) electrons. The molecule has 108 valence electrons. The van der Waals surface area contributed by atoms with Gasteiger partial charge in [-0.05, 0) is 25.0 Å². The summed E-state index contributed by atoms with van der Waals surface area (Å²) in [5.41, 5.74) is -0.530. The topological polar surface area (TPSA) is 84.5 Å². The molecule has 6 heteroatoms. The molecule has 2 rings (SSSR count). The van der Waals surface area contributed by atoms with E-state index in [0.717, 1.165) is 0 Å². The summed E-state index contributed by atoms with van der Waals surface area (Å²) in [5, 5.41) is 11.9.